The number of carbonyl (C=O) groups excluding carboxylic acids is 1. The van der Waals surface area contributed by atoms with Gasteiger partial charge in [-0.3, -0.25) is 14.9 Å². The minimum Gasteiger partial charge on any atom is -0.321 e. The second-order valence-corrected chi connectivity index (χ2v) is 5.23. The molecule has 0 aliphatic carbocycles. The number of nitro benzene ring substituents is 1. The number of thioether (sulfide) groups is 1. The molecule has 0 heterocycles. The molecule has 21 heavy (non-hydrogen) atoms. The number of nitrogens with one attached hydrogen (secondary N) is 1. The third-order valence-electron chi connectivity index (χ3n) is 3.02. The lowest BCUT2D eigenvalue weighted by Gasteiger charge is -2.10. The summed E-state index contributed by atoms with van der Waals surface area (Å²) in [4.78, 5) is 23.9. The van der Waals surface area contributed by atoms with Crippen LogP contribution in [0.15, 0.2) is 47.4 Å². The Morgan fingerprint density at radius 2 is 1.90 bits per heavy atom. The molecule has 1 amide bonds. The molecule has 0 saturated heterocycles. The van der Waals surface area contributed by atoms with Crippen LogP contribution in [0, 0.1) is 17.0 Å². The van der Waals surface area contributed by atoms with Gasteiger partial charge in [0, 0.05) is 10.5 Å². The van der Waals surface area contributed by atoms with Gasteiger partial charge in [0.1, 0.15) is 5.56 Å². The van der Waals surface area contributed by atoms with Gasteiger partial charge in [-0.1, -0.05) is 24.3 Å². The maximum atomic E-state index is 12.3. The van der Waals surface area contributed by atoms with Crippen LogP contribution in [0.1, 0.15) is 15.9 Å². The van der Waals surface area contributed by atoms with E-state index in [0.717, 1.165) is 4.90 Å². The molecule has 0 bridgehead atoms. The summed E-state index contributed by atoms with van der Waals surface area (Å²) in [5.74, 6) is -0.480. The number of amides is 1. The highest BCUT2D eigenvalue weighted by Crippen LogP contribution is 2.27. The van der Waals surface area contributed by atoms with E-state index in [1.807, 2.05) is 18.4 Å². The van der Waals surface area contributed by atoms with Gasteiger partial charge in [0.15, 0.2) is 0 Å². The van der Waals surface area contributed by atoms with E-state index in [-0.39, 0.29) is 11.3 Å². The van der Waals surface area contributed by atoms with Crippen molar-refractivity contribution in [3.05, 3.63) is 63.7 Å². The van der Waals surface area contributed by atoms with Gasteiger partial charge in [-0.05, 0) is 31.4 Å². The molecule has 0 aliphatic rings. The summed E-state index contributed by atoms with van der Waals surface area (Å²) in [5.41, 5.74) is 1.02. The van der Waals surface area contributed by atoms with Crippen LogP contribution in [-0.4, -0.2) is 17.1 Å². The van der Waals surface area contributed by atoms with E-state index in [4.69, 9.17) is 0 Å². The first-order valence-corrected chi connectivity index (χ1v) is 7.45. The topological polar surface area (TPSA) is 72.2 Å². The number of rotatable bonds is 4. The molecule has 108 valence electrons. The Balaban J connectivity index is 2.38. The summed E-state index contributed by atoms with van der Waals surface area (Å²) in [6, 6.07) is 12.0. The summed E-state index contributed by atoms with van der Waals surface area (Å²) in [5, 5.41) is 13.9. The second kappa shape index (κ2) is 6.41. The van der Waals surface area contributed by atoms with Crippen molar-refractivity contribution < 1.29 is 9.72 Å². The monoisotopic (exact) mass is 302 g/mol. The van der Waals surface area contributed by atoms with Crippen molar-refractivity contribution in [1.29, 1.82) is 0 Å². The molecule has 5 nitrogen and oxygen atoms in total. The van der Waals surface area contributed by atoms with Gasteiger partial charge < -0.3 is 5.32 Å². The highest BCUT2D eigenvalue weighted by atomic mass is 32.2. The smallest absolute Gasteiger partial charge is 0.285 e. The van der Waals surface area contributed by atoms with Crippen LogP contribution in [0.5, 0.6) is 0 Å². The van der Waals surface area contributed by atoms with Gasteiger partial charge in [0.05, 0.1) is 10.6 Å². The fraction of sp³-hybridized carbons (Fsp3) is 0.133. The van der Waals surface area contributed by atoms with Crippen molar-refractivity contribution in [3.63, 3.8) is 0 Å². The van der Waals surface area contributed by atoms with Gasteiger partial charge in [-0.2, -0.15) is 0 Å². The average molecular weight is 302 g/mol. The first-order valence-electron chi connectivity index (χ1n) is 6.23. The summed E-state index contributed by atoms with van der Waals surface area (Å²) in [6.07, 6.45) is 1.90. The Kier molecular flexibility index (Phi) is 4.59. The van der Waals surface area contributed by atoms with E-state index in [0.29, 0.717) is 11.3 Å². The standard InChI is InChI=1S/C15H14N2O3S/c1-10-6-5-7-11(14(10)17(19)20)15(18)16-12-8-3-4-9-13(12)21-2/h3-9H,1-2H3,(H,16,18). The third kappa shape index (κ3) is 3.22. The van der Waals surface area contributed by atoms with Crippen molar-refractivity contribution in [2.45, 2.75) is 11.8 Å². The summed E-state index contributed by atoms with van der Waals surface area (Å²) < 4.78 is 0. The van der Waals surface area contributed by atoms with E-state index in [9.17, 15) is 14.9 Å². The van der Waals surface area contributed by atoms with Gasteiger partial charge in [-0.25, -0.2) is 0 Å². The second-order valence-electron chi connectivity index (χ2n) is 4.38. The third-order valence-corrected chi connectivity index (χ3v) is 3.82. The molecule has 2 rings (SSSR count). The van der Waals surface area contributed by atoms with E-state index in [1.54, 1.807) is 31.2 Å². The normalized spacial score (nSPS) is 10.2. The number of anilines is 1. The molecule has 0 radical (unpaired) electrons. The minimum absolute atomic E-state index is 0.0657. The highest BCUT2D eigenvalue weighted by Gasteiger charge is 2.22. The number of carbonyl (C=O) groups is 1. The fourth-order valence-corrected chi connectivity index (χ4v) is 2.58. The Morgan fingerprint density at radius 3 is 2.57 bits per heavy atom. The van der Waals surface area contributed by atoms with Crippen molar-refractivity contribution in [3.8, 4) is 0 Å². The first kappa shape index (κ1) is 15.1. The van der Waals surface area contributed by atoms with Crippen LogP contribution in [0.2, 0.25) is 0 Å². The van der Waals surface area contributed by atoms with Crippen LogP contribution >= 0.6 is 11.8 Å². The highest BCUT2D eigenvalue weighted by molar-refractivity contribution is 7.98. The molecule has 2 aromatic carbocycles. The summed E-state index contributed by atoms with van der Waals surface area (Å²) >= 11 is 1.50. The van der Waals surface area contributed by atoms with Crippen molar-refractivity contribution in [2.75, 3.05) is 11.6 Å². The van der Waals surface area contributed by atoms with Crippen LogP contribution in [-0.2, 0) is 0 Å². The number of para-hydroxylation sites is 2. The molecule has 0 saturated carbocycles. The fourth-order valence-electron chi connectivity index (χ4n) is 2.02. The van der Waals surface area contributed by atoms with Crippen molar-refractivity contribution in [2.24, 2.45) is 0 Å². The lowest BCUT2D eigenvalue weighted by Crippen LogP contribution is -2.15. The van der Waals surface area contributed by atoms with Crippen molar-refractivity contribution >= 4 is 29.0 Å². The van der Waals surface area contributed by atoms with E-state index in [2.05, 4.69) is 5.32 Å². The quantitative estimate of drug-likeness (QED) is 0.528. The van der Waals surface area contributed by atoms with Gasteiger partial charge in [-0.15, -0.1) is 11.8 Å². The lowest BCUT2D eigenvalue weighted by atomic mass is 10.1. The number of hydrogen-bond acceptors (Lipinski definition) is 4. The van der Waals surface area contributed by atoms with E-state index in [1.165, 1.54) is 17.8 Å². The Labute approximate surface area is 126 Å². The number of nitrogens with zero attached hydrogens (tertiary/aromatic N) is 1. The first-order chi connectivity index (χ1) is 10.0. The van der Waals surface area contributed by atoms with Crippen LogP contribution in [0.4, 0.5) is 11.4 Å². The van der Waals surface area contributed by atoms with Gasteiger partial charge in [0.2, 0.25) is 0 Å². The van der Waals surface area contributed by atoms with Crippen LogP contribution in [0.3, 0.4) is 0 Å². The molecule has 1 N–H and O–H groups in total. The molecule has 0 aromatic heterocycles. The Hall–Kier alpha value is -2.34. The number of hydrogen-bond donors (Lipinski definition) is 1. The number of nitro groups is 1. The predicted octanol–water partition coefficient (Wildman–Crippen LogP) is 3.88. The van der Waals surface area contributed by atoms with E-state index < -0.39 is 10.8 Å². The van der Waals surface area contributed by atoms with Crippen LogP contribution < -0.4 is 5.32 Å². The maximum absolute atomic E-state index is 12.3. The molecule has 0 spiro atoms. The molecule has 0 unspecified atom stereocenters. The minimum atomic E-state index is -0.523. The summed E-state index contributed by atoms with van der Waals surface area (Å²) in [7, 11) is 0. The molecular formula is C15H14N2O3S. The van der Waals surface area contributed by atoms with Gasteiger partial charge >= 0.3 is 0 Å². The predicted molar refractivity (Wildman–Crippen MR) is 84.0 cm³/mol. The number of benzene rings is 2. The largest absolute Gasteiger partial charge is 0.321 e. The van der Waals surface area contributed by atoms with Crippen molar-refractivity contribution in [1.82, 2.24) is 0 Å². The van der Waals surface area contributed by atoms with Gasteiger partial charge in [0.25, 0.3) is 11.6 Å². The zero-order valence-electron chi connectivity index (χ0n) is 11.6. The SMILES string of the molecule is CSc1ccccc1NC(=O)c1cccc(C)c1[N+](=O)[O-]. The zero-order chi connectivity index (χ0) is 15.4. The maximum Gasteiger partial charge on any atom is 0.285 e. The Morgan fingerprint density at radius 1 is 1.19 bits per heavy atom. The zero-order valence-corrected chi connectivity index (χ0v) is 12.4. The molecular weight excluding hydrogens is 288 g/mol. The van der Waals surface area contributed by atoms with E-state index >= 15 is 0 Å². The summed E-state index contributed by atoms with van der Waals surface area (Å²) in [6.45, 7) is 1.62. The average Bonchev–Trinajstić information content (AvgIpc) is 2.47. The van der Waals surface area contributed by atoms with Crippen LogP contribution in [0.25, 0.3) is 0 Å². The lowest BCUT2D eigenvalue weighted by molar-refractivity contribution is -0.385. The number of aryl methyl sites for hydroxylation is 1. The molecule has 0 fully saturated rings. The molecule has 0 atom stereocenters. The Bertz CT molecular complexity index is 701. The molecule has 0 aliphatic heterocycles. The molecule has 2 aromatic rings. The molecule has 6 heteroatoms.